The van der Waals surface area contributed by atoms with E-state index in [4.69, 9.17) is 4.74 Å². The number of halogens is 1. The fourth-order valence-electron chi connectivity index (χ4n) is 2.88. The summed E-state index contributed by atoms with van der Waals surface area (Å²) in [5, 5.41) is 5.76. The standard InChI is InChI=1S/C25H25BrN2O3/c1-17(2)16-31-23-12-11-20(26)14-22(23)25(30)28-21-10-6-9-19(13-21)24(29)27-15-18-7-4-3-5-8-18/h3-14,17H,15-16H2,1-2H3,(H,27,29)(H,28,30). The lowest BCUT2D eigenvalue weighted by molar-refractivity contribution is 0.0949. The molecule has 0 aliphatic carbocycles. The summed E-state index contributed by atoms with van der Waals surface area (Å²) >= 11 is 3.41. The molecule has 160 valence electrons. The van der Waals surface area contributed by atoms with E-state index < -0.39 is 0 Å². The summed E-state index contributed by atoms with van der Waals surface area (Å²) in [4.78, 5) is 25.4. The van der Waals surface area contributed by atoms with Gasteiger partial charge in [-0.2, -0.15) is 0 Å². The Morgan fingerprint density at radius 2 is 1.71 bits per heavy atom. The fourth-order valence-corrected chi connectivity index (χ4v) is 3.24. The average molecular weight is 481 g/mol. The second-order valence-corrected chi connectivity index (χ2v) is 8.46. The van der Waals surface area contributed by atoms with Gasteiger partial charge in [-0.1, -0.05) is 66.2 Å². The molecule has 5 nitrogen and oxygen atoms in total. The third-order valence-corrected chi connectivity index (χ3v) is 4.93. The van der Waals surface area contributed by atoms with Gasteiger partial charge in [0, 0.05) is 22.3 Å². The van der Waals surface area contributed by atoms with E-state index in [1.54, 1.807) is 36.4 Å². The average Bonchev–Trinajstić information content (AvgIpc) is 2.77. The molecule has 0 aromatic heterocycles. The van der Waals surface area contributed by atoms with Crippen LogP contribution >= 0.6 is 15.9 Å². The quantitative estimate of drug-likeness (QED) is 0.436. The van der Waals surface area contributed by atoms with Gasteiger partial charge >= 0.3 is 0 Å². The molecule has 0 spiro atoms. The maximum atomic E-state index is 12.9. The molecule has 0 fully saturated rings. The molecule has 0 unspecified atom stereocenters. The van der Waals surface area contributed by atoms with E-state index in [1.807, 2.05) is 50.2 Å². The van der Waals surface area contributed by atoms with E-state index in [1.165, 1.54) is 0 Å². The normalized spacial score (nSPS) is 10.6. The molecule has 3 rings (SSSR count). The van der Waals surface area contributed by atoms with Crippen LogP contribution in [0.3, 0.4) is 0 Å². The highest BCUT2D eigenvalue weighted by molar-refractivity contribution is 9.10. The molecular formula is C25H25BrN2O3. The summed E-state index contributed by atoms with van der Waals surface area (Å²) in [5.74, 6) is 0.349. The molecule has 3 aromatic carbocycles. The molecule has 0 saturated heterocycles. The van der Waals surface area contributed by atoms with E-state index in [9.17, 15) is 9.59 Å². The fraction of sp³-hybridized carbons (Fsp3) is 0.200. The first-order valence-corrected chi connectivity index (χ1v) is 10.9. The Bertz CT molecular complexity index is 1050. The van der Waals surface area contributed by atoms with Crippen molar-refractivity contribution in [3.8, 4) is 5.75 Å². The first-order chi connectivity index (χ1) is 14.9. The lowest BCUT2D eigenvalue weighted by atomic mass is 10.1. The van der Waals surface area contributed by atoms with Crippen molar-refractivity contribution in [3.63, 3.8) is 0 Å². The van der Waals surface area contributed by atoms with E-state index >= 15 is 0 Å². The highest BCUT2D eigenvalue weighted by atomic mass is 79.9. The van der Waals surface area contributed by atoms with Gasteiger partial charge in [-0.05, 0) is 47.9 Å². The molecule has 2 N–H and O–H groups in total. The number of hydrogen-bond acceptors (Lipinski definition) is 3. The number of amides is 2. The maximum absolute atomic E-state index is 12.9. The number of nitrogens with one attached hydrogen (secondary N) is 2. The molecular weight excluding hydrogens is 456 g/mol. The van der Waals surface area contributed by atoms with Crippen LogP contribution in [0.5, 0.6) is 5.75 Å². The van der Waals surface area contributed by atoms with Crippen molar-refractivity contribution in [1.29, 1.82) is 0 Å². The topological polar surface area (TPSA) is 67.4 Å². The van der Waals surface area contributed by atoms with Gasteiger partial charge in [0.05, 0.1) is 12.2 Å². The summed E-state index contributed by atoms with van der Waals surface area (Å²) < 4.78 is 6.58. The molecule has 0 atom stereocenters. The van der Waals surface area contributed by atoms with Crippen LogP contribution in [0, 0.1) is 5.92 Å². The molecule has 0 radical (unpaired) electrons. The lowest BCUT2D eigenvalue weighted by Crippen LogP contribution is -2.23. The molecule has 0 heterocycles. The smallest absolute Gasteiger partial charge is 0.259 e. The maximum Gasteiger partial charge on any atom is 0.259 e. The Morgan fingerprint density at radius 3 is 2.45 bits per heavy atom. The summed E-state index contributed by atoms with van der Waals surface area (Å²) in [5.41, 5.74) is 2.45. The van der Waals surface area contributed by atoms with Crippen molar-refractivity contribution in [2.24, 2.45) is 5.92 Å². The van der Waals surface area contributed by atoms with Gasteiger partial charge in [0.15, 0.2) is 0 Å². The molecule has 2 amide bonds. The minimum atomic E-state index is -0.304. The highest BCUT2D eigenvalue weighted by Crippen LogP contribution is 2.25. The van der Waals surface area contributed by atoms with Crippen LogP contribution in [-0.4, -0.2) is 18.4 Å². The van der Waals surface area contributed by atoms with Crippen LogP contribution in [0.15, 0.2) is 77.3 Å². The summed E-state index contributed by atoms with van der Waals surface area (Å²) in [6.07, 6.45) is 0. The number of carbonyl (C=O) groups excluding carboxylic acids is 2. The number of rotatable bonds is 8. The predicted molar refractivity (Wildman–Crippen MR) is 126 cm³/mol. The molecule has 3 aromatic rings. The van der Waals surface area contributed by atoms with Crippen LogP contribution in [0.25, 0.3) is 0 Å². The third-order valence-electron chi connectivity index (χ3n) is 4.44. The number of hydrogen-bond donors (Lipinski definition) is 2. The SMILES string of the molecule is CC(C)COc1ccc(Br)cc1C(=O)Nc1cccc(C(=O)NCc2ccccc2)c1. The van der Waals surface area contributed by atoms with Gasteiger partial charge in [-0.25, -0.2) is 0 Å². The predicted octanol–water partition coefficient (Wildman–Crippen LogP) is 5.67. The van der Waals surface area contributed by atoms with E-state index in [0.717, 1.165) is 10.0 Å². The Kier molecular flexibility index (Phi) is 7.84. The molecule has 31 heavy (non-hydrogen) atoms. The van der Waals surface area contributed by atoms with Crippen LogP contribution in [-0.2, 0) is 6.54 Å². The van der Waals surface area contributed by atoms with Crippen molar-refractivity contribution in [2.45, 2.75) is 20.4 Å². The minimum absolute atomic E-state index is 0.205. The number of benzene rings is 3. The van der Waals surface area contributed by atoms with Gasteiger partial charge in [-0.3, -0.25) is 9.59 Å². The molecule has 0 bridgehead atoms. The Hall–Kier alpha value is -3.12. The van der Waals surface area contributed by atoms with Crippen molar-refractivity contribution in [1.82, 2.24) is 5.32 Å². The Balaban J connectivity index is 1.70. The monoisotopic (exact) mass is 480 g/mol. The van der Waals surface area contributed by atoms with Gasteiger partial charge in [0.25, 0.3) is 11.8 Å². The Labute approximate surface area is 191 Å². The number of ether oxygens (including phenoxy) is 1. The number of carbonyl (C=O) groups is 2. The molecule has 0 aliphatic heterocycles. The van der Waals surface area contributed by atoms with Crippen LogP contribution in [0.4, 0.5) is 5.69 Å². The van der Waals surface area contributed by atoms with E-state index in [0.29, 0.717) is 41.6 Å². The number of anilines is 1. The van der Waals surface area contributed by atoms with Crippen LogP contribution in [0.2, 0.25) is 0 Å². The largest absolute Gasteiger partial charge is 0.492 e. The molecule has 6 heteroatoms. The zero-order chi connectivity index (χ0) is 22.2. The first kappa shape index (κ1) is 22.6. The Morgan fingerprint density at radius 1 is 0.935 bits per heavy atom. The summed E-state index contributed by atoms with van der Waals surface area (Å²) in [7, 11) is 0. The van der Waals surface area contributed by atoms with Crippen molar-refractivity contribution >= 4 is 33.4 Å². The summed E-state index contributed by atoms with van der Waals surface area (Å²) in [6, 6.07) is 21.9. The van der Waals surface area contributed by atoms with Gasteiger partial charge < -0.3 is 15.4 Å². The van der Waals surface area contributed by atoms with Gasteiger partial charge in [0.1, 0.15) is 5.75 Å². The first-order valence-electron chi connectivity index (χ1n) is 10.1. The molecule has 0 aliphatic rings. The minimum Gasteiger partial charge on any atom is -0.492 e. The van der Waals surface area contributed by atoms with Gasteiger partial charge in [-0.15, -0.1) is 0 Å². The van der Waals surface area contributed by atoms with Gasteiger partial charge in [0.2, 0.25) is 0 Å². The second kappa shape index (κ2) is 10.8. The zero-order valence-electron chi connectivity index (χ0n) is 17.5. The van der Waals surface area contributed by atoms with Crippen molar-refractivity contribution in [2.75, 3.05) is 11.9 Å². The lowest BCUT2D eigenvalue weighted by Gasteiger charge is -2.14. The third kappa shape index (κ3) is 6.69. The van der Waals surface area contributed by atoms with E-state index in [-0.39, 0.29) is 11.8 Å². The zero-order valence-corrected chi connectivity index (χ0v) is 19.1. The highest BCUT2D eigenvalue weighted by Gasteiger charge is 2.15. The van der Waals surface area contributed by atoms with Crippen LogP contribution in [0.1, 0.15) is 40.1 Å². The van der Waals surface area contributed by atoms with Crippen molar-refractivity contribution < 1.29 is 14.3 Å². The second-order valence-electron chi connectivity index (χ2n) is 7.55. The van der Waals surface area contributed by atoms with Crippen LogP contribution < -0.4 is 15.4 Å². The molecule has 0 saturated carbocycles. The summed E-state index contributed by atoms with van der Waals surface area (Å²) in [6.45, 7) is 5.05. The van der Waals surface area contributed by atoms with E-state index in [2.05, 4.69) is 26.6 Å². The van der Waals surface area contributed by atoms with Crippen molar-refractivity contribution in [3.05, 3.63) is 94.0 Å².